The van der Waals surface area contributed by atoms with E-state index in [1.54, 1.807) is 0 Å². The summed E-state index contributed by atoms with van der Waals surface area (Å²) in [6.45, 7) is 9.89. The van der Waals surface area contributed by atoms with E-state index in [0.29, 0.717) is 6.42 Å². The van der Waals surface area contributed by atoms with Crippen LogP contribution in [0.2, 0.25) is 0 Å². The number of likely N-dealkylation sites (tertiary alicyclic amines) is 1. The Morgan fingerprint density at radius 1 is 1.20 bits per heavy atom. The molecule has 3 heteroatoms. The van der Waals surface area contributed by atoms with Crippen molar-refractivity contribution in [3.63, 3.8) is 0 Å². The van der Waals surface area contributed by atoms with Crippen molar-refractivity contribution in [3.05, 3.63) is 0 Å². The summed E-state index contributed by atoms with van der Waals surface area (Å²) in [6.07, 6.45) is 1.27. The van der Waals surface area contributed by atoms with Gasteiger partial charge in [-0.3, -0.25) is 14.5 Å². The predicted octanol–water partition coefficient (Wildman–Crippen LogP) is 1.96. The molecule has 1 unspecified atom stereocenters. The van der Waals surface area contributed by atoms with E-state index in [9.17, 15) is 9.59 Å². The SMILES string of the molecule is CC(C)(C)N1C(=O)CC2(CC2(C)C)C1=O. The van der Waals surface area contributed by atoms with E-state index in [-0.39, 0.29) is 28.2 Å². The first-order valence-corrected chi connectivity index (χ1v) is 5.49. The molecule has 1 atom stereocenters. The van der Waals surface area contributed by atoms with E-state index in [2.05, 4.69) is 13.8 Å². The third-order valence-electron chi connectivity index (χ3n) is 3.90. The Hall–Kier alpha value is -0.860. The fourth-order valence-electron chi connectivity index (χ4n) is 2.80. The van der Waals surface area contributed by atoms with E-state index in [1.807, 2.05) is 20.8 Å². The number of amides is 2. The molecule has 2 amide bonds. The number of carbonyl (C=O) groups is 2. The first-order chi connectivity index (χ1) is 6.62. The summed E-state index contributed by atoms with van der Waals surface area (Å²) < 4.78 is 0. The summed E-state index contributed by atoms with van der Waals surface area (Å²) in [5, 5.41) is 0. The minimum Gasteiger partial charge on any atom is -0.277 e. The minimum absolute atomic E-state index is 0.00178. The van der Waals surface area contributed by atoms with Gasteiger partial charge in [-0.2, -0.15) is 0 Å². The summed E-state index contributed by atoms with van der Waals surface area (Å²) >= 11 is 0. The van der Waals surface area contributed by atoms with Gasteiger partial charge in [0.2, 0.25) is 11.8 Å². The van der Waals surface area contributed by atoms with Gasteiger partial charge >= 0.3 is 0 Å². The molecule has 2 fully saturated rings. The zero-order valence-electron chi connectivity index (χ0n) is 10.2. The number of hydrogen-bond donors (Lipinski definition) is 0. The molecule has 84 valence electrons. The van der Waals surface area contributed by atoms with Gasteiger partial charge in [0, 0.05) is 12.0 Å². The molecular weight excluding hydrogens is 190 g/mol. The molecule has 1 heterocycles. The summed E-state index contributed by atoms with van der Waals surface area (Å²) in [5.41, 5.74) is -0.729. The lowest BCUT2D eigenvalue weighted by Gasteiger charge is -2.30. The molecule has 0 radical (unpaired) electrons. The number of hydrogen-bond acceptors (Lipinski definition) is 2. The monoisotopic (exact) mass is 209 g/mol. The van der Waals surface area contributed by atoms with Crippen LogP contribution in [0.15, 0.2) is 0 Å². The molecule has 0 N–H and O–H groups in total. The highest BCUT2D eigenvalue weighted by molar-refractivity contribution is 6.08. The van der Waals surface area contributed by atoms with E-state index < -0.39 is 0 Å². The Kier molecular flexibility index (Phi) is 1.74. The fourth-order valence-corrected chi connectivity index (χ4v) is 2.80. The molecule has 1 aliphatic heterocycles. The third-order valence-corrected chi connectivity index (χ3v) is 3.90. The van der Waals surface area contributed by atoms with Gasteiger partial charge < -0.3 is 0 Å². The Morgan fingerprint density at radius 2 is 1.67 bits per heavy atom. The number of carbonyl (C=O) groups excluding carboxylic acids is 2. The third kappa shape index (κ3) is 1.18. The van der Waals surface area contributed by atoms with Crippen LogP contribution in [0.5, 0.6) is 0 Å². The number of nitrogens with zero attached hydrogens (tertiary/aromatic N) is 1. The van der Waals surface area contributed by atoms with Crippen LogP contribution >= 0.6 is 0 Å². The first kappa shape index (κ1) is 10.7. The standard InChI is InChI=1S/C12H19NO2/c1-10(2,3)13-8(14)6-12(9(13)15)7-11(12,4)5/h6-7H2,1-5H3. The fraction of sp³-hybridized carbons (Fsp3) is 0.833. The zero-order valence-corrected chi connectivity index (χ0v) is 10.2. The largest absolute Gasteiger partial charge is 0.277 e. The van der Waals surface area contributed by atoms with Gasteiger partial charge in [-0.1, -0.05) is 13.8 Å². The lowest BCUT2D eigenvalue weighted by molar-refractivity contribution is -0.145. The average molecular weight is 209 g/mol. The van der Waals surface area contributed by atoms with Crippen molar-refractivity contribution in [2.24, 2.45) is 10.8 Å². The molecule has 0 aromatic heterocycles. The highest BCUT2D eigenvalue weighted by atomic mass is 16.2. The molecule has 0 aromatic carbocycles. The van der Waals surface area contributed by atoms with Crippen LogP contribution < -0.4 is 0 Å². The Balaban J connectivity index is 2.35. The molecule has 1 spiro atoms. The van der Waals surface area contributed by atoms with Gasteiger partial charge in [-0.15, -0.1) is 0 Å². The van der Waals surface area contributed by atoms with Gasteiger partial charge in [0.05, 0.1) is 5.41 Å². The maximum absolute atomic E-state index is 12.3. The highest BCUT2D eigenvalue weighted by Crippen LogP contribution is 2.69. The summed E-state index contributed by atoms with van der Waals surface area (Å²) in [4.78, 5) is 25.6. The van der Waals surface area contributed by atoms with Crippen LogP contribution in [0.4, 0.5) is 0 Å². The van der Waals surface area contributed by atoms with Crippen LogP contribution in [0.1, 0.15) is 47.5 Å². The Morgan fingerprint density at radius 3 is 1.87 bits per heavy atom. The van der Waals surface area contributed by atoms with E-state index in [1.165, 1.54) is 4.90 Å². The molecule has 1 saturated heterocycles. The first-order valence-electron chi connectivity index (χ1n) is 5.49. The smallest absolute Gasteiger partial charge is 0.236 e. The van der Waals surface area contributed by atoms with Crippen LogP contribution in [0.25, 0.3) is 0 Å². The van der Waals surface area contributed by atoms with Crippen molar-refractivity contribution < 1.29 is 9.59 Å². The average Bonchev–Trinajstić information content (AvgIpc) is 2.39. The molecule has 15 heavy (non-hydrogen) atoms. The maximum Gasteiger partial charge on any atom is 0.236 e. The second-order valence-corrected chi connectivity index (χ2v) is 6.52. The second-order valence-electron chi connectivity index (χ2n) is 6.52. The Labute approximate surface area is 90.8 Å². The molecule has 1 aliphatic carbocycles. The van der Waals surface area contributed by atoms with Gasteiger partial charge in [0.15, 0.2) is 0 Å². The lowest BCUT2D eigenvalue weighted by atomic mass is 9.94. The van der Waals surface area contributed by atoms with Gasteiger partial charge in [0.1, 0.15) is 0 Å². The van der Waals surface area contributed by atoms with Crippen molar-refractivity contribution in [1.82, 2.24) is 4.90 Å². The molecule has 0 bridgehead atoms. The molecule has 2 aliphatic rings. The molecule has 0 aromatic rings. The maximum atomic E-state index is 12.3. The van der Waals surface area contributed by atoms with Crippen LogP contribution in [0.3, 0.4) is 0 Å². The topological polar surface area (TPSA) is 37.4 Å². The number of rotatable bonds is 0. The minimum atomic E-state index is -0.379. The van der Waals surface area contributed by atoms with Crippen LogP contribution in [-0.2, 0) is 9.59 Å². The molecule has 3 nitrogen and oxygen atoms in total. The quantitative estimate of drug-likeness (QED) is 0.572. The van der Waals surface area contributed by atoms with Gasteiger partial charge in [-0.05, 0) is 32.6 Å². The molecular formula is C12H19NO2. The van der Waals surface area contributed by atoms with E-state index in [0.717, 1.165) is 6.42 Å². The molecule has 2 rings (SSSR count). The van der Waals surface area contributed by atoms with Crippen molar-refractivity contribution in [1.29, 1.82) is 0 Å². The van der Waals surface area contributed by atoms with Crippen molar-refractivity contribution in [2.75, 3.05) is 0 Å². The highest BCUT2D eigenvalue weighted by Gasteiger charge is 2.72. The lowest BCUT2D eigenvalue weighted by Crippen LogP contribution is -2.46. The molecule has 1 saturated carbocycles. The van der Waals surface area contributed by atoms with Crippen LogP contribution in [-0.4, -0.2) is 22.3 Å². The van der Waals surface area contributed by atoms with Crippen molar-refractivity contribution in [2.45, 2.75) is 53.0 Å². The summed E-state index contributed by atoms with van der Waals surface area (Å²) in [5.74, 6) is 0.0445. The van der Waals surface area contributed by atoms with Gasteiger partial charge in [-0.25, -0.2) is 0 Å². The summed E-state index contributed by atoms with van der Waals surface area (Å²) in [7, 11) is 0. The van der Waals surface area contributed by atoms with E-state index in [4.69, 9.17) is 0 Å². The van der Waals surface area contributed by atoms with E-state index >= 15 is 0 Å². The van der Waals surface area contributed by atoms with Crippen molar-refractivity contribution >= 4 is 11.8 Å². The zero-order chi connectivity index (χ0) is 11.6. The number of imide groups is 1. The predicted molar refractivity (Wildman–Crippen MR) is 57.1 cm³/mol. The Bertz CT molecular complexity index is 351. The second kappa shape index (κ2) is 2.45. The summed E-state index contributed by atoms with van der Waals surface area (Å²) in [6, 6.07) is 0. The van der Waals surface area contributed by atoms with Gasteiger partial charge in [0.25, 0.3) is 0 Å². The van der Waals surface area contributed by atoms with Crippen molar-refractivity contribution in [3.8, 4) is 0 Å². The normalized spacial score (nSPS) is 34.1. The van der Waals surface area contributed by atoms with Crippen LogP contribution in [0, 0.1) is 10.8 Å².